The SMILES string of the molecule is Cc1c(C(=O)NCCOCC(F)(F)F)ccc(N)c1C=NCC1CN(C(=O)OC(C)(C)C)C1. The van der Waals surface area contributed by atoms with Crippen molar-refractivity contribution in [2.24, 2.45) is 10.9 Å². The summed E-state index contributed by atoms with van der Waals surface area (Å²) < 4.78 is 46.0. The minimum Gasteiger partial charge on any atom is -0.444 e. The van der Waals surface area contributed by atoms with E-state index in [1.165, 1.54) is 0 Å². The molecule has 1 aromatic carbocycles. The monoisotopic (exact) mass is 472 g/mol. The molecule has 184 valence electrons. The fourth-order valence-corrected chi connectivity index (χ4v) is 3.14. The fourth-order valence-electron chi connectivity index (χ4n) is 3.14. The number of amides is 2. The summed E-state index contributed by atoms with van der Waals surface area (Å²) in [5, 5.41) is 2.53. The molecule has 1 aromatic rings. The molecule has 0 radical (unpaired) electrons. The molecule has 0 spiro atoms. The van der Waals surface area contributed by atoms with Crippen molar-refractivity contribution >= 4 is 23.9 Å². The van der Waals surface area contributed by atoms with Crippen LogP contribution in [0.3, 0.4) is 0 Å². The van der Waals surface area contributed by atoms with E-state index < -0.39 is 24.3 Å². The van der Waals surface area contributed by atoms with Crippen molar-refractivity contribution in [3.63, 3.8) is 0 Å². The second-order valence-electron chi connectivity index (χ2n) is 8.91. The molecule has 0 aromatic heterocycles. The average Bonchev–Trinajstić information content (AvgIpc) is 2.62. The molecule has 8 nitrogen and oxygen atoms in total. The first-order chi connectivity index (χ1) is 15.3. The van der Waals surface area contributed by atoms with Gasteiger partial charge in [-0.25, -0.2) is 4.79 Å². The molecule has 0 unspecified atom stereocenters. The molecule has 1 fully saturated rings. The number of hydrogen-bond donors (Lipinski definition) is 2. The van der Waals surface area contributed by atoms with Crippen molar-refractivity contribution in [1.82, 2.24) is 10.2 Å². The molecule has 0 bridgehead atoms. The topological polar surface area (TPSA) is 106 Å². The summed E-state index contributed by atoms with van der Waals surface area (Å²) in [5.74, 6) is -0.233. The minimum atomic E-state index is -4.40. The van der Waals surface area contributed by atoms with E-state index >= 15 is 0 Å². The Bertz CT molecular complexity index is 876. The summed E-state index contributed by atoms with van der Waals surface area (Å²) >= 11 is 0. The minimum absolute atomic E-state index is 0.0576. The molecular weight excluding hydrogens is 441 g/mol. The maximum Gasteiger partial charge on any atom is 0.411 e. The van der Waals surface area contributed by atoms with Crippen LogP contribution >= 0.6 is 0 Å². The first kappa shape index (κ1) is 26.4. The number of likely N-dealkylation sites (tertiary alicyclic amines) is 1. The lowest BCUT2D eigenvalue weighted by Crippen LogP contribution is -2.52. The highest BCUT2D eigenvalue weighted by Gasteiger charge is 2.33. The van der Waals surface area contributed by atoms with Gasteiger partial charge < -0.3 is 25.4 Å². The van der Waals surface area contributed by atoms with E-state index in [0.717, 1.165) is 0 Å². The van der Waals surface area contributed by atoms with Gasteiger partial charge in [0, 0.05) is 55.1 Å². The Balaban J connectivity index is 1.86. The van der Waals surface area contributed by atoms with Crippen molar-refractivity contribution in [2.75, 3.05) is 45.1 Å². The van der Waals surface area contributed by atoms with Crippen molar-refractivity contribution in [1.29, 1.82) is 0 Å². The van der Waals surface area contributed by atoms with Crippen LogP contribution in [0.2, 0.25) is 0 Å². The van der Waals surface area contributed by atoms with Crippen molar-refractivity contribution < 1.29 is 32.2 Å². The smallest absolute Gasteiger partial charge is 0.411 e. The number of benzene rings is 1. The number of rotatable bonds is 8. The molecule has 0 saturated carbocycles. The molecule has 3 N–H and O–H groups in total. The second-order valence-corrected chi connectivity index (χ2v) is 8.91. The van der Waals surface area contributed by atoms with Crippen LogP contribution in [0.15, 0.2) is 17.1 Å². The zero-order valence-electron chi connectivity index (χ0n) is 19.3. The number of alkyl halides is 3. The van der Waals surface area contributed by atoms with Crippen LogP contribution < -0.4 is 11.1 Å². The van der Waals surface area contributed by atoms with E-state index in [2.05, 4.69) is 15.0 Å². The lowest BCUT2D eigenvalue weighted by atomic mass is 9.99. The quantitative estimate of drug-likeness (QED) is 0.343. The molecule has 0 aliphatic carbocycles. The number of ether oxygens (including phenoxy) is 2. The number of nitrogens with two attached hydrogens (primary N) is 1. The molecule has 0 atom stereocenters. The number of nitrogens with one attached hydrogen (secondary N) is 1. The van der Waals surface area contributed by atoms with Gasteiger partial charge in [-0.3, -0.25) is 9.79 Å². The van der Waals surface area contributed by atoms with Gasteiger partial charge in [-0.15, -0.1) is 0 Å². The van der Waals surface area contributed by atoms with Crippen LogP contribution in [0, 0.1) is 12.8 Å². The molecule has 33 heavy (non-hydrogen) atoms. The fraction of sp³-hybridized carbons (Fsp3) is 0.591. The maximum atomic E-state index is 12.4. The molecule has 11 heteroatoms. The van der Waals surface area contributed by atoms with Crippen LogP contribution in [0.25, 0.3) is 0 Å². The van der Waals surface area contributed by atoms with Gasteiger partial charge in [-0.1, -0.05) is 0 Å². The number of hydrogen-bond acceptors (Lipinski definition) is 6. The molecule has 2 rings (SSSR count). The molecule has 1 heterocycles. The zero-order chi connectivity index (χ0) is 24.8. The average molecular weight is 473 g/mol. The van der Waals surface area contributed by atoms with Crippen molar-refractivity contribution in [3.05, 3.63) is 28.8 Å². The molecule has 1 aliphatic rings. The number of nitrogen functional groups attached to an aromatic ring is 1. The van der Waals surface area contributed by atoms with Crippen molar-refractivity contribution in [2.45, 2.75) is 39.5 Å². The number of halogens is 3. The summed E-state index contributed by atoms with van der Waals surface area (Å²) in [4.78, 5) is 30.4. The summed E-state index contributed by atoms with van der Waals surface area (Å²) in [6.45, 7) is 7.10. The van der Waals surface area contributed by atoms with E-state index in [9.17, 15) is 22.8 Å². The summed E-state index contributed by atoms with van der Waals surface area (Å²) in [5.41, 5.74) is 7.50. The van der Waals surface area contributed by atoms with Gasteiger partial charge in [0.1, 0.15) is 12.2 Å². The molecule has 2 amide bonds. The Morgan fingerprint density at radius 2 is 1.94 bits per heavy atom. The maximum absolute atomic E-state index is 12.4. The van der Waals surface area contributed by atoms with Crippen LogP contribution in [-0.2, 0) is 9.47 Å². The lowest BCUT2D eigenvalue weighted by molar-refractivity contribution is -0.173. The number of anilines is 1. The highest BCUT2D eigenvalue weighted by atomic mass is 19.4. The molecule has 1 aliphatic heterocycles. The van der Waals surface area contributed by atoms with Crippen LogP contribution in [0.1, 0.15) is 42.3 Å². The molecule has 1 saturated heterocycles. The number of nitrogens with zero attached hydrogens (tertiary/aromatic N) is 2. The number of aliphatic imine (C=N–C) groups is 1. The Kier molecular flexibility index (Phi) is 8.70. The number of carbonyl (C=O) groups is 2. The van der Waals surface area contributed by atoms with Gasteiger partial charge in [-0.05, 0) is 45.4 Å². The first-order valence-electron chi connectivity index (χ1n) is 10.6. The number of carbonyl (C=O) groups excluding carboxylic acids is 2. The van der Waals surface area contributed by atoms with Gasteiger partial charge in [0.25, 0.3) is 5.91 Å². The highest BCUT2D eigenvalue weighted by Crippen LogP contribution is 2.22. The van der Waals surface area contributed by atoms with Crippen molar-refractivity contribution in [3.8, 4) is 0 Å². The van der Waals surface area contributed by atoms with Gasteiger partial charge >= 0.3 is 12.3 Å². The third kappa shape index (κ3) is 8.56. The zero-order valence-corrected chi connectivity index (χ0v) is 19.3. The highest BCUT2D eigenvalue weighted by molar-refractivity contribution is 6.00. The van der Waals surface area contributed by atoms with Crippen LogP contribution in [-0.4, -0.2) is 74.3 Å². The normalized spacial score (nSPS) is 14.9. The van der Waals surface area contributed by atoms with Gasteiger partial charge in [-0.2, -0.15) is 13.2 Å². The lowest BCUT2D eigenvalue weighted by Gasteiger charge is -2.39. The van der Waals surface area contributed by atoms with E-state index in [1.54, 1.807) is 30.2 Å². The van der Waals surface area contributed by atoms with Gasteiger partial charge in [0.15, 0.2) is 0 Å². The largest absolute Gasteiger partial charge is 0.444 e. The Morgan fingerprint density at radius 3 is 2.55 bits per heavy atom. The standard InChI is InChI=1S/C22H31F3N4O4/c1-14-16(19(30)28-7-8-32-13-22(23,24)25)5-6-18(26)17(14)10-27-9-15-11-29(12-15)20(31)33-21(2,3)4/h5-6,10,15H,7-9,11-13,26H2,1-4H3,(H,28,30). The third-order valence-corrected chi connectivity index (χ3v) is 4.78. The summed E-state index contributed by atoms with van der Waals surface area (Å²) in [7, 11) is 0. The van der Waals surface area contributed by atoms with Gasteiger partial charge in [0.2, 0.25) is 0 Å². The Hall–Kier alpha value is -2.82. The Morgan fingerprint density at radius 1 is 1.27 bits per heavy atom. The first-order valence-corrected chi connectivity index (χ1v) is 10.6. The summed E-state index contributed by atoms with van der Waals surface area (Å²) in [6.07, 6.45) is -3.14. The predicted octanol–water partition coefficient (Wildman–Crippen LogP) is 3.17. The molecular formula is C22H31F3N4O4. The van der Waals surface area contributed by atoms with E-state index in [0.29, 0.717) is 42.0 Å². The van der Waals surface area contributed by atoms with Gasteiger partial charge in [0.05, 0.1) is 6.61 Å². The van der Waals surface area contributed by atoms with E-state index in [4.69, 9.17) is 10.5 Å². The van der Waals surface area contributed by atoms with E-state index in [1.807, 2.05) is 20.8 Å². The van der Waals surface area contributed by atoms with E-state index in [-0.39, 0.29) is 25.2 Å². The van der Waals surface area contributed by atoms with Crippen LogP contribution in [0.5, 0.6) is 0 Å². The third-order valence-electron chi connectivity index (χ3n) is 4.78. The Labute approximate surface area is 191 Å². The predicted molar refractivity (Wildman–Crippen MR) is 119 cm³/mol. The van der Waals surface area contributed by atoms with Crippen LogP contribution in [0.4, 0.5) is 23.7 Å². The summed E-state index contributed by atoms with van der Waals surface area (Å²) in [6, 6.07) is 3.13. The second kappa shape index (κ2) is 10.9.